The van der Waals surface area contributed by atoms with E-state index in [-0.39, 0.29) is 5.91 Å². The summed E-state index contributed by atoms with van der Waals surface area (Å²) in [5, 5.41) is 0. The fourth-order valence-corrected chi connectivity index (χ4v) is 3.88. The quantitative estimate of drug-likeness (QED) is 0.546. The molecule has 1 amide bonds. The molecule has 2 aromatic carbocycles. The minimum atomic E-state index is 0.131. The number of piperazine rings is 1. The van der Waals surface area contributed by atoms with E-state index in [1.807, 2.05) is 59.5 Å². The van der Waals surface area contributed by atoms with Crippen LogP contribution in [-0.2, 0) is 17.6 Å². The summed E-state index contributed by atoms with van der Waals surface area (Å²) >= 11 is 0. The van der Waals surface area contributed by atoms with Gasteiger partial charge in [0.05, 0.1) is 20.1 Å². The first kappa shape index (κ1) is 21.7. The number of carbonyl (C=O) groups is 1. The molecule has 6 heteroatoms. The summed E-state index contributed by atoms with van der Waals surface area (Å²) in [6.45, 7) is 3.53. The van der Waals surface area contributed by atoms with Crippen molar-refractivity contribution in [2.24, 2.45) is 0 Å². The van der Waals surface area contributed by atoms with Crippen molar-refractivity contribution in [1.29, 1.82) is 0 Å². The molecule has 0 saturated carbocycles. The van der Waals surface area contributed by atoms with E-state index in [0.717, 1.165) is 30.9 Å². The third-order valence-electron chi connectivity index (χ3n) is 5.68. The molecule has 166 valence electrons. The van der Waals surface area contributed by atoms with Gasteiger partial charge in [-0.15, -0.1) is 0 Å². The molecule has 1 aromatic heterocycles. The topological polar surface area (TPSA) is 54.9 Å². The van der Waals surface area contributed by atoms with Crippen LogP contribution in [0.25, 0.3) is 0 Å². The lowest BCUT2D eigenvalue weighted by Gasteiger charge is -2.35. The molecular weight excluding hydrogens is 402 g/mol. The van der Waals surface area contributed by atoms with E-state index in [1.165, 1.54) is 5.56 Å². The van der Waals surface area contributed by atoms with Gasteiger partial charge in [0.15, 0.2) is 11.5 Å². The first-order valence-corrected chi connectivity index (χ1v) is 11.0. The van der Waals surface area contributed by atoms with Crippen molar-refractivity contribution < 1.29 is 14.3 Å². The van der Waals surface area contributed by atoms with Crippen LogP contribution in [0.1, 0.15) is 11.1 Å². The van der Waals surface area contributed by atoms with Gasteiger partial charge in [0.2, 0.25) is 5.91 Å². The van der Waals surface area contributed by atoms with Crippen molar-refractivity contribution in [1.82, 2.24) is 9.88 Å². The molecule has 0 unspecified atom stereocenters. The number of nitrogens with zero attached hydrogens (tertiary/aromatic N) is 3. The monoisotopic (exact) mass is 431 g/mol. The molecule has 1 aliphatic rings. The summed E-state index contributed by atoms with van der Waals surface area (Å²) in [7, 11) is 1.63. The maximum atomic E-state index is 12.9. The molecule has 0 bridgehead atoms. The summed E-state index contributed by atoms with van der Waals surface area (Å²) in [6, 6.07) is 21.9. The van der Waals surface area contributed by atoms with Gasteiger partial charge in [-0.1, -0.05) is 42.5 Å². The highest BCUT2D eigenvalue weighted by molar-refractivity contribution is 5.79. The van der Waals surface area contributed by atoms with Crippen LogP contribution in [0.2, 0.25) is 0 Å². The van der Waals surface area contributed by atoms with E-state index in [1.54, 1.807) is 13.3 Å². The predicted molar refractivity (Wildman–Crippen MR) is 125 cm³/mol. The number of carbonyl (C=O) groups excluding carboxylic acids is 1. The van der Waals surface area contributed by atoms with Gasteiger partial charge >= 0.3 is 0 Å². The van der Waals surface area contributed by atoms with Crippen molar-refractivity contribution >= 4 is 11.7 Å². The minimum Gasteiger partial charge on any atom is -0.493 e. The fourth-order valence-electron chi connectivity index (χ4n) is 3.88. The maximum Gasteiger partial charge on any atom is 0.227 e. The Hall–Kier alpha value is -3.54. The second-order valence-electron chi connectivity index (χ2n) is 7.80. The van der Waals surface area contributed by atoms with Gasteiger partial charge in [0.1, 0.15) is 5.82 Å². The smallest absolute Gasteiger partial charge is 0.227 e. The van der Waals surface area contributed by atoms with Crippen LogP contribution in [0.3, 0.4) is 0 Å². The number of anilines is 1. The molecule has 0 spiro atoms. The fraction of sp³-hybridized carbons (Fsp3) is 0.308. The van der Waals surface area contributed by atoms with E-state index < -0.39 is 0 Å². The van der Waals surface area contributed by atoms with E-state index in [4.69, 9.17) is 9.47 Å². The average molecular weight is 432 g/mol. The molecule has 0 aliphatic carbocycles. The number of methoxy groups -OCH3 is 1. The van der Waals surface area contributed by atoms with Crippen LogP contribution in [0.15, 0.2) is 72.9 Å². The largest absolute Gasteiger partial charge is 0.493 e. The zero-order valence-electron chi connectivity index (χ0n) is 18.4. The Morgan fingerprint density at radius 3 is 2.41 bits per heavy atom. The Kier molecular flexibility index (Phi) is 7.23. The lowest BCUT2D eigenvalue weighted by Crippen LogP contribution is -2.49. The Balaban J connectivity index is 1.32. The number of rotatable bonds is 8. The Morgan fingerprint density at radius 2 is 1.69 bits per heavy atom. The summed E-state index contributed by atoms with van der Waals surface area (Å²) in [4.78, 5) is 21.5. The van der Waals surface area contributed by atoms with E-state index in [2.05, 4.69) is 22.0 Å². The van der Waals surface area contributed by atoms with Gasteiger partial charge in [-0.3, -0.25) is 4.79 Å². The molecule has 2 heterocycles. The molecule has 0 radical (unpaired) electrons. The molecule has 1 aliphatic heterocycles. The molecule has 4 rings (SSSR count). The van der Waals surface area contributed by atoms with Crippen LogP contribution >= 0.6 is 0 Å². The van der Waals surface area contributed by atoms with Crippen LogP contribution in [-0.4, -0.2) is 55.7 Å². The second kappa shape index (κ2) is 10.7. The Labute approximate surface area is 189 Å². The summed E-state index contributed by atoms with van der Waals surface area (Å²) in [5.41, 5.74) is 2.15. The van der Waals surface area contributed by atoms with Crippen LogP contribution in [0.5, 0.6) is 11.5 Å². The molecule has 1 saturated heterocycles. The number of hydrogen-bond donors (Lipinski definition) is 0. The van der Waals surface area contributed by atoms with Gasteiger partial charge in [-0.25, -0.2) is 4.98 Å². The number of aromatic nitrogens is 1. The van der Waals surface area contributed by atoms with Gasteiger partial charge < -0.3 is 19.3 Å². The molecule has 1 fully saturated rings. The predicted octanol–water partition coefficient (Wildman–Crippen LogP) is 3.60. The van der Waals surface area contributed by atoms with Gasteiger partial charge in [0, 0.05) is 38.8 Å². The van der Waals surface area contributed by atoms with E-state index in [9.17, 15) is 4.79 Å². The SMILES string of the molecule is COc1ccc(CC(=O)N2CCN(c3ccccn3)CC2)cc1OCCc1ccccc1. The Morgan fingerprint density at radius 1 is 0.906 bits per heavy atom. The average Bonchev–Trinajstić information content (AvgIpc) is 2.85. The number of amides is 1. The van der Waals surface area contributed by atoms with Crippen molar-refractivity contribution in [2.45, 2.75) is 12.8 Å². The standard InChI is InChI=1S/C26H29N3O3/c1-31-23-11-10-22(19-24(23)32-18-12-21-7-3-2-4-8-21)20-26(30)29-16-14-28(15-17-29)25-9-5-6-13-27-25/h2-11,13,19H,12,14-18,20H2,1H3. The molecule has 0 atom stereocenters. The van der Waals surface area contributed by atoms with Crippen LogP contribution in [0, 0.1) is 0 Å². The van der Waals surface area contributed by atoms with Crippen molar-refractivity contribution in [3.63, 3.8) is 0 Å². The van der Waals surface area contributed by atoms with Gasteiger partial charge in [-0.2, -0.15) is 0 Å². The van der Waals surface area contributed by atoms with Crippen LogP contribution < -0.4 is 14.4 Å². The number of ether oxygens (including phenoxy) is 2. The minimum absolute atomic E-state index is 0.131. The van der Waals surface area contributed by atoms with Crippen molar-refractivity contribution in [2.75, 3.05) is 44.8 Å². The van der Waals surface area contributed by atoms with Gasteiger partial charge in [-0.05, 0) is 35.4 Å². The summed E-state index contributed by atoms with van der Waals surface area (Å²) < 4.78 is 11.4. The van der Waals surface area contributed by atoms with E-state index >= 15 is 0 Å². The van der Waals surface area contributed by atoms with E-state index in [0.29, 0.717) is 37.6 Å². The molecular formula is C26H29N3O3. The molecule has 0 N–H and O–H groups in total. The number of pyridine rings is 1. The van der Waals surface area contributed by atoms with Crippen molar-refractivity contribution in [3.8, 4) is 11.5 Å². The molecule has 6 nitrogen and oxygen atoms in total. The van der Waals surface area contributed by atoms with Crippen molar-refractivity contribution in [3.05, 3.63) is 84.1 Å². The molecule has 3 aromatic rings. The second-order valence-corrected chi connectivity index (χ2v) is 7.80. The maximum absolute atomic E-state index is 12.9. The zero-order valence-corrected chi connectivity index (χ0v) is 18.4. The highest BCUT2D eigenvalue weighted by Crippen LogP contribution is 2.28. The highest BCUT2D eigenvalue weighted by Gasteiger charge is 2.22. The summed E-state index contributed by atoms with van der Waals surface area (Å²) in [6.07, 6.45) is 2.96. The third kappa shape index (κ3) is 5.58. The highest BCUT2D eigenvalue weighted by atomic mass is 16.5. The van der Waals surface area contributed by atoms with Gasteiger partial charge in [0.25, 0.3) is 0 Å². The summed E-state index contributed by atoms with van der Waals surface area (Å²) in [5.74, 6) is 2.45. The normalized spacial score (nSPS) is 13.7. The first-order valence-electron chi connectivity index (χ1n) is 11.0. The zero-order chi connectivity index (χ0) is 22.2. The number of benzene rings is 2. The third-order valence-corrected chi connectivity index (χ3v) is 5.68. The number of hydrogen-bond acceptors (Lipinski definition) is 5. The lowest BCUT2D eigenvalue weighted by molar-refractivity contribution is -0.130. The first-order chi connectivity index (χ1) is 15.7. The molecule has 32 heavy (non-hydrogen) atoms. The van der Waals surface area contributed by atoms with Crippen LogP contribution in [0.4, 0.5) is 5.82 Å². The lowest BCUT2D eigenvalue weighted by atomic mass is 10.1. The Bertz CT molecular complexity index is 1000.